The number of carbonyl (C=O) groups excluding carboxylic acids is 2. The van der Waals surface area contributed by atoms with Gasteiger partial charge in [0, 0.05) is 42.2 Å². The number of amides is 2. The summed E-state index contributed by atoms with van der Waals surface area (Å²) in [4.78, 5) is 32.5. The number of sulfonamides is 1. The number of hydrogen-bond acceptors (Lipinski definition) is 8. The zero-order chi connectivity index (χ0) is 25.4. The highest BCUT2D eigenvalue weighted by molar-refractivity contribution is 7.92. The Morgan fingerprint density at radius 1 is 0.971 bits per heavy atom. The summed E-state index contributed by atoms with van der Waals surface area (Å²) < 4.78 is 37.6. The first-order valence-corrected chi connectivity index (χ1v) is 11.9. The number of benzene rings is 2. The molecule has 0 saturated heterocycles. The SMILES string of the molecule is COc1cc(OC)cc(C(=O)NCCC(=O)Nc2ccc(S(=O)(=O)Nc3nccc(C)n3)cc2)c1. The fourth-order valence-corrected chi connectivity index (χ4v) is 3.90. The summed E-state index contributed by atoms with van der Waals surface area (Å²) in [5, 5.41) is 5.32. The van der Waals surface area contributed by atoms with E-state index in [0.717, 1.165) is 0 Å². The van der Waals surface area contributed by atoms with Crippen molar-refractivity contribution >= 4 is 33.5 Å². The first kappa shape index (κ1) is 25.4. The van der Waals surface area contributed by atoms with Crippen LogP contribution in [0, 0.1) is 6.92 Å². The molecule has 35 heavy (non-hydrogen) atoms. The molecule has 0 aliphatic heterocycles. The van der Waals surface area contributed by atoms with Crippen LogP contribution in [0.2, 0.25) is 0 Å². The van der Waals surface area contributed by atoms with Gasteiger partial charge >= 0.3 is 0 Å². The van der Waals surface area contributed by atoms with E-state index in [1.807, 2.05) is 0 Å². The predicted molar refractivity (Wildman–Crippen MR) is 129 cm³/mol. The Morgan fingerprint density at radius 2 is 1.63 bits per heavy atom. The van der Waals surface area contributed by atoms with E-state index in [1.165, 1.54) is 44.7 Å². The highest BCUT2D eigenvalue weighted by Gasteiger charge is 2.16. The van der Waals surface area contributed by atoms with Crippen LogP contribution in [0.1, 0.15) is 22.5 Å². The molecule has 12 heteroatoms. The van der Waals surface area contributed by atoms with E-state index < -0.39 is 10.0 Å². The van der Waals surface area contributed by atoms with Crippen molar-refractivity contribution < 1.29 is 27.5 Å². The molecule has 11 nitrogen and oxygen atoms in total. The fourth-order valence-electron chi connectivity index (χ4n) is 2.95. The maximum Gasteiger partial charge on any atom is 0.264 e. The average Bonchev–Trinajstić information content (AvgIpc) is 2.83. The van der Waals surface area contributed by atoms with E-state index in [0.29, 0.717) is 28.4 Å². The summed E-state index contributed by atoms with van der Waals surface area (Å²) in [7, 11) is -0.921. The first-order valence-electron chi connectivity index (χ1n) is 10.4. The second-order valence-electron chi connectivity index (χ2n) is 7.31. The molecule has 0 fully saturated rings. The number of rotatable bonds is 10. The van der Waals surface area contributed by atoms with E-state index >= 15 is 0 Å². The average molecular weight is 500 g/mol. The monoisotopic (exact) mass is 499 g/mol. The molecule has 2 aromatic carbocycles. The Balaban J connectivity index is 1.52. The minimum Gasteiger partial charge on any atom is -0.497 e. The van der Waals surface area contributed by atoms with E-state index in [1.54, 1.807) is 31.2 Å². The minimum absolute atomic E-state index is 0.0124. The first-order chi connectivity index (χ1) is 16.7. The van der Waals surface area contributed by atoms with Gasteiger partial charge < -0.3 is 20.1 Å². The number of aromatic nitrogens is 2. The van der Waals surface area contributed by atoms with Crippen molar-refractivity contribution in [3.63, 3.8) is 0 Å². The zero-order valence-corrected chi connectivity index (χ0v) is 20.2. The third-order valence-corrected chi connectivity index (χ3v) is 6.06. The summed E-state index contributed by atoms with van der Waals surface area (Å²) in [5.74, 6) is 0.181. The molecule has 0 saturated carbocycles. The van der Waals surface area contributed by atoms with Gasteiger partial charge in [-0.3, -0.25) is 9.59 Å². The number of ether oxygens (including phenoxy) is 2. The molecule has 0 aliphatic carbocycles. The Bertz CT molecular complexity index is 1290. The van der Waals surface area contributed by atoms with Crippen LogP contribution in [0.5, 0.6) is 11.5 Å². The van der Waals surface area contributed by atoms with E-state index in [2.05, 4.69) is 25.3 Å². The molecule has 0 bridgehead atoms. The lowest BCUT2D eigenvalue weighted by Gasteiger charge is -2.10. The van der Waals surface area contributed by atoms with Gasteiger partial charge in [0.25, 0.3) is 15.9 Å². The van der Waals surface area contributed by atoms with Gasteiger partial charge in [-0.05, 0) is 49.4 Å². The summed E-state index contributed by atoms with van der Waals surface area (Å²) >= 11 is 0. The highest BCUT2D eigenvalue weighted by Crippen LogP contribution is 2.22. The van der Waals surface area contributed by atoms with Crippen molar-refractivity contribution in [2.45, 2.75) is 18.2 Å². The van der Waals surface area contributed by atoms with Gasteiger partial charge in [0.2, 0.25) is 11.9 Å². The molecule has 2 amide bonds. The Kier molecular flexibility index (Phi) is 8.21. The number of carbonyl (C=O) groups is 2. The molecule has 184 valence electrons. The molecule has 1 aromatic heterocycles. The molecule has 3 aromatic rings. The van der Waals surface area contributed by atoms with Crippen molar-refractivity contribution in [3.05, 3.63) is 66.0 Å². The second kappa shape index (κ2) is 11.3. The summed E-state index contributed by atoms with van der Waals surface area (Å²) in [6.07, 6.45) is 1.47. The highest BCUT2D eigenvalue weighted by atomic mass is 32.2. The van der Waals surface area contributed by atoms with Crippen LogP contribution in [0.25, 0.3) is 0 Å². The molecule has 0 radical (unpaired) electrons. The van der Waals surface area contributed by atoms with Crippen LogP contribution in [-0.2, 0) is 14.8 Å². The largest absolute Gasteiger partial charge is 0.497 e. The molecule has 0 atom stereocenters. The van der Waals surface area contributed by atoms with Gasteiger partial charge in [0.05, 0.1) is 19.1 Å². The van der Waals surface area contributed by atoms with Crippen molar-refractivity contribution in [3.8, 4) is 11.5 Å². The topological polar surface area (TPSA) is 149 Å². The molecular formula is C23H25N5O6S. The van der Waals surface area contributed by atoms with E-state index in [9.17, 15) is 18.0 Å². The van der Waals surface area contributed by atoms with Crippen LogP contribution in [0.15, 0.2) is 59.6 Å². The molecule has 3 rings (SSSR count). The van der Waals surface area contributed by atoms with Crippen LogP contribution in [-0.4, -0.2) is 51.0 Å². The lowest BCUT2D eigenvalue weighted by molar-refractivity contribution is -0.116. The number of nitrogens with one attached hydrogen (secondary N) is 3. The lowest BCUT2D eigenvalue weighted by Crippen LogP contribution is -2.27. The quantitative estimate of drug-likeness (QED) is 0.385. The van der Waals surface area contributed by atoms with Crippen LogP contribution >= 0.6 is 0 Å². The van der Waals surface area contributed by atoms with Crippen molar-refractivity contribution in [2.75, 3.05) is 30.8 Å². The standard InChI is InChI=1S/C23H25N5O6S/c1-15-8-10-25-23(26-15)28-35(31,32)20-6-4-17(5-7-20)27-21(29)9-11-24-22(30)16-12-18(33-2)14-19(13-16)34-3/h4-8,10,12-14H,9,11H2,1-3H3,(H,24,30)(H,27,29)(H,25,26,28). The molecule has 3 N–H and O–H groups in total. The van der Waals surface area contributed by atoms with Crippen LogP contribution < -0.4 is 24.8 Å². The van der Waals surface area contributed by atoms with Gasteiger partial charge in [-0.15, -0.1) is 0 Å². The lowest BCUT2D eigenvalue weighted by atomic mass is 10.2. The van der Waals surface area contributed by atoms with E-state index in [-0.39, 0.29) is 35.6 Å². The minimum atomic E-state index is -3.89. The molecular weight excluding hydrogens is 474 g/mol. The molecule has 0 spiro atoms. The third-order valence-electron chi connectivity index (χ3n) is 4.72. The zero-order valence-electron chi connectivity index (χ0n) is 19.4. The van der Waals surface area contributed by atoms with E-state index in [4.69, 9.17) is 9.47 Å². The van der Waals surface area contributed by atoms with Gasteiger partial charge in [-0.25, -0.2) is 23.1 Å². The van der Waals surface area contributed by atoms with Crippen molar-refractivity contribution in [1.82, 2.24) is 15.3 Å². The summed E-state index contributed by atoms with van der Waals surface area (Å²) in [5.41, 5.74) is 1.36. The Hall–Kier alpha value is -4.19. The number of anilines is 2. The van der Waals surface area contributed by atoms with Gasteiger partial charge in [-0.1, -0.05) is 0 Å². The Morgan fingerprint density at radius 3 is 2.23 bits per heavy atom. The summed E-state index contributed by atoms with van der Waals surface area (Å²) in [6, 6.07) is 12.1. The number of methoxy groups -OCH3 is 2. The predicted octanol–water partition coefficient (Wildman–Crippen LogP) is 2.36. The second-order valence-corrected chi connectivity index (χ2v) is 8.99. The van der Waals surface area contributed by atoms with Crippen LogP contribution in [0.4, 0.5) is 11.6 Å². The molecule has 1 heterocycles. The number of hydrogen-bond donors (Lipinski definition) is 3. The van der Waals surface area contributed by atoms with Gasteiger partial charge in [0.15, 0.2) is 0 Å². The van der Waals surface area contributed by atoms with Crippen LogP contribution in [0.3, 0.4) is 0 Å². The maximum atomic E-state index is 12.5. The number of nitrogens with zero attached hydrogens (tertiary/aromatic N) is 2. The summed E-state index contributed by atoms with van der Waals surface area (Å²) in [6.45, 7) is 1.81. The molecule has 0 unspecified atom stereocenters. The fraction of sp³-hybridized carbons (Fsp3) is 0.217. The third kappa shape index (κ3) is 7.14. The number of aryl methyl sites for hydroxylation is 1. The van der Waals surface area contributed by atoms with Crippen molar-refractivity contribution in [2.24, 2.45) is 0 Å². The van der Waals surface area contributed by atoms with Gasteiger partial charge in [-0.2, -0.15) is 0 Å². The Labute approximate surface area is 202 Å². The van der Waals surface area contributed by atoms with Gasteiger partial charge in [0.1, 0.15) is 11.5 Å². The normalized spacial score (nSPS) is 10.8. The van der Waals surface area contributed by atoms with Crippen molar-refractivity contribution in [1.29, 1.82) is 0 Å². The maximum absolute atomic E-state index is 12.5. The smallest absolute Gasteiger partial charge is 0.264 e. The molecule has 0 aliphatic rings.